The average Bonchev–Trinajstić information content (AvgIpc) is 2.17. The Labute approximate surface area is 92.1 Å². The molecule has 1 fully saturated rings. The van der Waals surface area contributed by atoms with Crippen LogP contribution in [-0.2, 0) is 0 Å². The lowest BCUT2D eigenvalue weighted by molar-refractivity contribution is 0.127. The monoisotopic (exact) mass is 216 g/mol. The molecule has 2 atom stereocenters. The normalized spacial score (nSPS) is 29.1. The van der Waals surface area contributed by atoms with Crippen molar-refractivity contribution in [3.8, 4) is 0 Å². The van der Waals surface area contributed by atoms with Crippen LogP contribution in [0.4, 0.5) is 0 Å². The summed E-state index contributed by atoms with van der Waals surface area (Å²) in [6.45, 7) is 8.64. The predicted octanol–water partition coefficient (Wildman–Crippen LogP) is 2.19. The molecule has 82 valence electrons. The van der Waals surface area contributed by atoms with Crippen LogP contribution in [0.2, 0.25) is 0 Å². The first kappa shape index (κ1) is 12.0. The number of halogens is 1. The lowest BCUT2D eigenvalue weighted by Crippen LogP contribution is -2.46. The van der Waals surface area contributed by atoms with Gasteiger partial charge in [-0.3, -0.25) is 4.90 Å². The van der Waals surface area contributed by atoms with Crippen LogP contribution < -0.4 is 5.73 Å². The highest BCUT2D eigenvalue weighted by molar-refractivity contribution is 6.29. The van der Waals surface area contributed by atoms with E-state index >= 15 is 0 Å². The van der Waals surface area contributed by atoms with Gasteiger partial charge in [0.1, 0.15) is 0 Å². The van der Waals surface area contributed by atoms with Gasteiger partial charge in [0.2, 0.25) is 0 Å². The fourth-order valence-corrected chi connectivity index (χ4v) is 2.38. The number of rotatable bonds is 4. The minimum atomic E-state index is 0.504. The third-order valence-electron chi connectivity index (χ3n) is 3.17. The van der Waals surface area contributed by atoms with Gasteiger partial charge >= 0.3 is 0 Å². The standard InChI is InChI=1S/C11H21ClN2/c1-3-10-4-5-14(8-9(2)12)11(6-10)7-13/h10-11H,2-8,13H2,1H3. The Kier molecular flexibility index (Phi) is 4.93. The second-order valence-corrected chi connectivity index (χ2v) is 4.71. The Morgan fingerprint density at radius 3 is 2.86 bits per heavy atom. The smallest absolute Gasteiger partial charge is 0.0339 e. The van der Waals surface area contributed by atoms with Gasteiger partial charge in [-0.05, 0) is 25.3 Å². The van der Waals surface area contributed by atoms with Crippen molar-refractivity contribution in [3.63, 3.8) is 0 Å². The lowest BCUT2D eigenvalue weighted by atomic mass is 9.89. The second kappa shape index (κ2) is 5.74. The van der Waals surface area contributed by atoms with Gasteiger partial charge in [-0.15, -0.1) is 0 Å². The maximum atomic E-state index is 5.83. The van der Waals surface area contributed by atoms with Crippen LogP contribution in [0, 0.1) is 5.92 Å². The summed E-state index contributed by atoms with van der Waals surface area (Å²) in [6, 6.07) is 0.504. The van der Waals surface area contributed by atoms with Gasteiger partial charge in [-0.25, -0.2) is 0 Å². The molecule has 0 saturated carbocycles. The molecule has 1 aliphatic rings. The minimum absolute atomic E-state index is 0.504. The SMILES string of the molecule is C=C(Cl)CN1CCC(CC)CC1CN. The molecule has 2 N–H and O–H groups in total. The number of hydrogen-bond donors (Lipinski definition) is 1. The minimum Gasteiger partial charge on any atom is -0.329 e. The lowest BCUT2D eigenvalue weighted by Gasteiger charge is -2.38. The summed E-state index contributed by atoms with van der Waals surface area (Å²) in [6.07, 6.45) is 3.76. The van der Waals surface area contributed by atoms with Crippen molar-refractivity contribution < 1.29 is 0 Å². The van der Waals surface area contributed by atoms with Gasteiger partial charge in [0.25, 0.3) is 0 Å². The summed E-state index contributed by atoms with van der Waals surface area (Å²) in [4.78, 5) is 2.36. The van der Waals surface area contributed by atoms with E-state index in [0.717, 1.165) is 30.6 Å². The topological polar surface area (TPSA) is 29.3 Å². The summed E-state index contributed by atoms with van der Waals surface area (Å²) in [7, 11) is 0. The summed E-state index contributed by atoms with van der Waals surface area (Å²) in [5.41, 5.74) is 5.77. The molecule has 2 unspecified atom stereocenters. The summed E-state index contributed by atoms with van der Waals surface area (Å²) in [5, 5.41) is 0.721. The fourth-order valence-electron chi connectivity index (χ4n) is 2.23. The fraction of sp³-hybridized carbons (Fsp3) is 0.818. The summed E-state index contributed by atoms with van der Waals surface area (Å²) >= 11 is 5.83. The van der Waals surface area contributed by atoms with Gasteiger partial charge in [0.05, 0.1) is 0 Å². The number of hydrogen-bond acceptors (Lipinski definition) is 2. The number of likely N-dealkylation sites (tertiary alicyclic amines) is 1. The van der Waals surface area contributed by atoms with E-state index in [2.05, 4.69) is 18.4 Å². The Balaban J connectivity index is 2.47. The molecule has 0 aromatic carbocycles. The van der Waals surface area contributed by atoms with Crippen LogP contribution in [0.25, 0.3) is 0 Å². The Morgan fingerprint density at radius 2 is 2.36 bits per heavy atom. The quantitative estimate of drug-likeness (QED) is 0.781. The van der Waals surface area contributed by atoms with E-state index in [-0.39, 0.29) is 0 Å². The first-order chi connectivity index (χ1) is 6.67. The molecular formula is C11H21ClN2. The van der Waals surface area contributed by atoms with Crippen LogP contribution in [0.15, 0.2) is 11.6 Å². The molecule has 1 rings (SSSR count). The van der Waals surface area contributed by atoms with E-state index in [1.165, 1.54) is 19.3 Å². The average molecular weight is 217 g/mol. The van der Waals surface area contributed by atoms with Crippen molar-refractivity contribution in [3.05, 3.63) is 11.6 Å². The van der Waals surface area contributed by atoms with Gasteiger partial charge in [0, 0.05) is 24.2 Å². The molecule has 14 heavy (non-hydrogen) atoms. The summed E-state index contributed by atoms with van der Waals surface area (Å²) in [5.74, 6) is 0.850. The third-order valence-corrected chi connectivity index (χ3v) is 3.29. The Hall–Kier alpha value is -0.0500. The van der Waals surface area contributed by atoms with Crippen LogP contribution in [-0.4, -0.2) is 30.6 Å². The van der Waals surface area contributed by atoms with E-state index in [4.69, 9.17) is 17.3 Å². The third kappa shape index (κ3) is 3.26. The zero-order valence-electron chi connectivity index (χ0n) is 9.01. The highest BCUT2D eigenvalue weighted by Crippen LogP contribution is 2.25. The molecule has 0 aromatic rings. The molecule has 1 aliphatic heterocycles. The van der Waals surface area contributed by atoms with Crippen molar-refractivity contribution in [2.24, 2.45) is 11.7 Å². The first-order valence-electron chi connectivity index (χ1n) is 5.44. The van der Waals surface area contributed by atoms with Crippen LogP contribution >= 0.6 is 11.6 Å². The molecule has 0 bridgehead atoms. The van der Waals surface area contributed by atoms with Crippen molar-refractivity contribution >= 4 is 11.6 Å². The zero-order valence-corrected chi connectivity index (χ0v) is 9.76. The molecule has 1 saturated heterocycles. The Bertz CT molecular complexity index is 194. The van der Waals surface area contributed by atoms with E-state index in [1.54, 1.807) is 0 Å². The number of piperidine rings is 1. The Morgan fingerprint density at radius 1 is 1.64 bits per heavy atom. The van der Waals surface area contributed by atoms with Gasteiger partial charge in [-0.1, -0.05) is 31.5 Å². The summed E-state index contributed by atoms with van der Waals surface area (Å²) < 4.78 is 0. The number of nitrogens with two attached hydrogens (primary N) is 1. The van der Waals surface area contributed by atoms with E-state index in [0.29, 0.717) is 6.04 Å². The van der Waals surface area contributed by atoms with Gasteiger partial charge < -0.3 is 5.73 Å². The van der Waals surface area contributed by atoms with Crippen LogP contribution in [0.1, 0.15) is 26.2 Å². The molecule has 0 radical (unpaired) electrons. The van der Waals surface area contributed by atoms with Crippen molar-refractivity contribution in [1.29, 1.82) is 0 Å². The molecule has 0 aromatic heterocycles. The van der Waals surface area contributed by atoms with Crippen LogP contribution in [0.5, 0.6) is 0 Å². The maximum Gasteiger partial charge on any atom is 0.0339 e. The van der Waals surface area contributed by atoms with Crippen molar-refractivity contribution in [2.45, 2.75) is 32.2 Å². The van der Waals surface area contributed by atoms with E-state index < -0.39 is 0 Å². The highest BCUT2D eigenvalue weighted by Gasteiger charge is 2.26. The van der Waals surface area contributed by atoms with Gasteiger partial charge in [0.15, 0.2) is 0 Å². The molecule has 0 spiro atoms. The molecular weight excluding hydrogens is 196 g/mol. The first-order valence-corrected chi connectivity index (χ1v) is 5.82. The molecule has 3 heteroatoms. The second-order valence-electron chi connectivity index (χ2n) is 4.18. The molecule has 1 heterocycles. The predicted molar refractivity (Wildman–Crippen MR) is 62.4 cm³/mol. The van der Waals surface area contributed by atoms with Crippen molar-refractivity contribution in [1.82, 2.24) is 4.90 Å². The maximum absolute atomic E-state index is 5.83. The molecule has 0 amide bonds. The zero-order chi connectivity index (χ0) is 10.6. The highest BCUT2D eigenvalue weighted by atomic mass is 35.5. The molecule has 0 aliphatic carbocycles. The number of nitrogens with zero attached hydrogens (tertiary/aromatic N) is 1. The van der Waals surface area contributed by atoms with E-state index in [9.17, 15) is 0 Å². The molecule has 2 nitrogen and oxygen atoms in total. The largest absolute Gasteiger partial charge is 0.329 e. The van der Waals surface area contributed by atoms with E-state index in [1.807, 2.05) is 0 Å². The van der Waals surface area contributed by atoms with Gasteiger partial charge in [-0.2, -0.15) is 0 Å². The van der Waals surface area contributed by atoms with Crippen LogP contribution in [0.3, 0.4) is 0 Å². The van der Waals surface area contributed by atoms with Crippen molar-refractivity contribution in [2.75, 3.05) is 19.6 Å².